The zero-order valence-electron chi connectivity index (χ0n) is 46.9. The third-order valence-corrected chi connectivity index (χ3v) is 16.9. The lowest BCUT2D eigenvalue weighted by molar-refractivity contribution is -0.145. The van der Waals surface area contributed by atoms with Gasteiger partial charge in [-0.3, -0.25) is 28.8 Å². The number of benzene rings is 4. The second kappa shape index (κ2) is 26.7. The van der Waals surface area contributed by atoms with Crippen LogP contribution in [0, 0.1) is 22.7 Å². The molecule has 0 saturated heterocycles. The molecule has 2 unspecified atom stereocenters. The number of nitrogens with one attached hydrogen (secondary N) is 1. The predicted octanol–water partition coefficient (Wildman–Crippen LogP) is 14.8. The van der Waals surface area contributed by atoms with Crippen LogP contribution in [0.15, 0.2) is 107 Å². The number of carbonyl (C=O) groups excluding carboxylic acids is 4. The highest BCUT2D eigenvalue weighted by molar-refractivity contribution is 6.02. The highest BCUT2D eigenvalue weighted by Gasteiger charge is 2.53. The van der Waals surface area contributed by atoms with Crippen LogP contribution in [0.1, 0.15) is 143 Å². The Morgan fingerprint density at radius 1 is 0.602 bits per heavy atom. The number of aldehydes is 1. The molecule has 0 aromatic heterocycles. The van der Waals surface area contributed by atoms with Crippen LogP contribution < -0.4 is 5.32 Å². The van der Waals surface area contributed by atoms with E-state index >= 15 is 0 Å². The molecule has 1 N–H and O–H groups in total. The maximum Gasteiger partial charge on any atom is 0.416 e. The van der Waals surface area contributed by atoms with E-state index < -0.39 is 99.8 Å². The molecule has 2 fully saturated rings. The van der Waals surface area contributed by atoms with Crippen molar-refractivity contribution in [1.29, 1.82) is 0 Å². The van der Waals surface area contributed by atoms with Gasteiger partial charge in [-0.2, -0.15) is 52.7 Å². The van der Waals surface area contributed by atoms with Crippen molar-refractivity contribution in [2.75, 3.05) is 40.0 Å². The number of rotatable bonds is 17. The van der Waals surface area contributed by atoms with Crippen molar-refractivity contribution in [2.45, 2.75) is 133 Å². The van der Waals surface area contributed by atoms with E-state index in [1.54, 1.807) is 12.4 Å². The molecule has 2 saturated carbocycles. The fourth-order valence-corrected chi connectivity index (χ4v) is 12.1. The fraction of sp³-hybridized carbons (Fsp3) is 0.508. The number of nitrogens with zero attached hydrogens (tertiary/aromatic N) is 2. The normalized spacial score (nSPS) is 25.6. The molecule has 4 aromatic rings. The van der Waals surface area contributed by atoms with E-state index in [4.69, 9.17) is 10.8 Å². The molecule has 4 aliphatic rings. The molecule has 2 aliphatic carbocycles. The van der Waals surface area contributed by atoms with Gasteiger partial charge in [0.25, 0.3) is 0 Å². The smallest absolute Gasteiger partial charge is 0.373 e. The van der Waals surface area contributed by atoms with Gasteiger partial charge >= 0.3 is 24.7 Å². The summed E-state index contributed by atoms with van der Waals surface area (Å²) in [6, 6.07) is 21.7. The lowest BCUT2D eigenvalue weighted by Crippen LogP contribution is -2.47. The zero-order chi connectivity index (χ0) is 61.9. The first-order chi connectivity index (χ1) is 39.4. The Hall–Kier alpha value is -6.29. The summed E-state index contributed by atoms with van der Waals surface area (Å²) in [7, 11) is -1.00. The molecule has 2 aliphatic heterocycles. The molecule has 4 atom stereocenters. The lowest BCUT2D eigenvalue weighted by Gasteiger charge is -2.48. The van der Waals surface area contributed by atoms with E-state index in [2.05, 4.69) is 15.3 Å². The summed E-state index contributed by atoms with van der Waals surface area (Å²) >= 11 is 0. The summed E-state index contributed by atoms with van der Waals surface area (Å²) in [6.45, 7) is 5.36. The fourth-order valence-electron chi connectivity index (χ4n) is 12.1. The highest BCUT2D eigenvalue weighted by atomic mass is 19.4. The Bertz CT molecular complexity index is 2870. The number of alkyl halides is 13. The number of hydrogen-bond donors (Lipinski definition) is 1. The Morgan fingerprint density at radius 3 is 1.24 bits per heavy atom. The van der Waals surface area contributed by atoms with E-state index in [1.165, 1.54) is 13.8 Å². The molecule has 0 spiro atoms. The molecular formula is C61H66F13N3O6. The minimum Gasteiger partial charge on any atom is -0.373 e. The van der Waals surface area contributed by atoms with Crippen LogP contribution in [-0.4, -0.2) is 76.2 Å². The first-order valence-electron chi connectivity index (χ1n) is 27.6. The quantitative estimate of drug-likeness (QED) is 0.0830. The van der Waals surface area contributed by atoms with Crippen molar-refractivity contribution >= 4 is 36.2 Å². The highest BCUT2D eigenvalue weighted by Crippen LogP contribution is 2.55. The molecule has 83 heavy (non-hydrogen) atoms. The second-order valence-electron chi connectivity index (χ2n) is 22.0. The zero-order valence-corrected chi connectivity index (χ0v) is 45.9. The van der Waals surface area contributed by atoms with Crippen LogP contribution in [0.25, 0.3) is 0 Å². The summed E-state index contributed by atoms with van der Waals surface area (Å²) in [5.74, 6) is -1.19. The van der Waals surface area contributed by atoms with Gasteiger partial charge in [-0.1, -0.05) is 60.7 Å². The van der Waals surface area contributed by atoms with Crippen molar-refractivity contribution in [3.05, 3.63) is 142 Å². The topological polar surface area (TPSA) is 123 Å². The van der Waals surface area contributed by atoms with Gasteiger partial charge in [0.2, 0.25) is 5.91 Å². The second-order valence-corrected chi connectivity index (χ2v) is 22.0. The van der Waals surface area contributed by atoms with Crippen LogP contribution in [0.5, 0.6) is 0 Å². The number of amides is 1. The number of halogens is 13. The van der Waals surface area contributed by atoms with Gasteiger partial charge in [0.15, 0.2) is 11.6 Å². The standard InChI is InChI=1S/C31H34F6N2O3.C29H29F6NO3.CH3F/c1-3-39-27(41)16-28(25-17-38-18-26(25)40)9-11-29(12-10-28,22-7-5-4-6-8-22)19-42-20(2)21-13-23(30(32,33)34)15-24(14-21)31(35,36)37;1-19(20-13-22(28(30,31)32)15-23(14-20)29(33,34)35)39-18-27(21-5-3-2-4-6-21)9-7-26(8-10-27,11-12-37)24-16-36-17-25(24)38;1-2/h4-8,13-15,17,20,25H,3,9-12,16,18-19H2,1-2H3,(H,39,41);2-6,12-16,19,24H,7-11,17-18H2,1H3;1H3/t20-,25?,28?,29?;19-,24?,26?,27?;/m11./s1/i;;1D. The molecule has 0 radical (unpaired) electrons. The minimum absolute atomic E-state index is 0.0275. The van der Waals surface area contributed by atoms with Crippen molar-refractivity contribution in [3.63, 3.8) is 0 Å². The van der Waals surface area contributed by atoms with Crippen LogP contribution in [0.3, 0.4) is 0 Å². The van der Waals surface area contributed by atoms with Crippen molar-refractivity contribution in [1.82, 2.24) is 5.32 Å². The number of hydrogen-bond acceptors (Lipinski definition) is 8. The van der Waals surface area contributed by atoms with Crippen molar-refractivity contribution < 1.29 is 87.1 Å². The van der Waals surface area contributed by atoms with E-state index in [0.717, 1.165) is 17.4 Å². The minimum atomic E-state index is -4.96. The number of ketones is 2. The molecule has 2 heterocycles. The molecule has 1 amide bonds. The van der Waals surface area contributed by atoms with Crippen LogP contribution >= 0.6 is 0 Å². The molecule has 9 nitrogen and oxygen atoms in total. The van der Waals surface area contributed by atoms with Crippen molar-refractivity contribution in [3.8, 4) is 0 Å². The molecule has 0 bridgehead atoms. The SMILES string of the molecule is CCNC(=O)CC1(C2C=NCC2=O)CCC(CO[C@H](C)c2cc(C(F)(F)F)cc(C(F)(F)F)c2)(c2ccccc2)CC1.C[C@@H](OCC1(c2ccccc2)CCC(CC=O)(C2C=NCC2=O)CC1)c1cc(C(F)(F)F)cc(C(F)(F)F)c1.[2H]CF. The van der Waals surface area contributed by atoms with E-state index in [-0.39, 0.29) is 79.9 Å². The monoisotopic (exact) mass is 1180 g/mol. The maximum absolute atomic E-state index is 13.5. The van der Waals surface area contributed by atoms with Gasteiger partial charge in [-0.25, -0.2) is 0 Å². The predicted molar refractivity (Wildman–Crippen MR) is 284 cm³/mol. The maximum atomic E-state index is 13.5. The van der Waals surface area contributed by atoms with Crippen LogP contribution in [0.2, 0.25) is 0 Å². The summed E-state index contributed by atoms with van der Waals surface area (Å²) in [5.41, 5.74) is -6.64. The van der Waals surface area contributed by atoms with Gasteiger partial charge in [0.05, 0.1) is 81.1 Å². The first-order valence-corrected chi connectivity index (χ1v) is 26.9. The Kier molecular flexibility index (Phi) is 20.7. The Labute approximate surface area is 474 Å². The van der Waals surface area contributed by atoms with E-state index in [9.17, 15) is 76.3 Å². The van der Waals surface area contributed by atoms with Gasteiger partial charge in [-0.15, -0.1) is 0 Å². The Balaban J connectivity index is 0.000000258. The number of carbonyl (C=O) groups is 4. The average molecular weight is 1190 g/mol. The van der Waals surface area contributed by atoms with E-state index in [0.29, 0.717) is 82.2 Å². The van der Waals surface area contributed by atoms with Gasteiger partial charge in [-0.05, 0) is 142 Å². The molecule has 22 heteroatoms. The van der Waals surface area contributed by atoms with Gasteiger partial charge in [0, 0.05) is 42.6 Å². The van der Waals surface area contributed by atoms with Gasteiger partial charge < -0.3 is 19.6 Å². The van der Waals surface area contributed by atoms with Gasteiger partial charge in [0.1, 0.15) is 6.29 Å². The summed E-state index contributed by atoms with van der Waals surface area (Å²) < 4.78 is 189. The summed E-state index contributed by atoms with van der Waals surface area (Å²) in [6.07, 6.45) is -13.5. The van der Waals surface area contributed by atoms with Crippen molar-refractivity contribution in [2.24, 2.45) is 32.7 Å². The summed E-state index contributed by atoms with van der Waals surface area (Å²) in [5, 5.41) is 2.82. The number of ether oxygens (including phenoxy) is 2. The third kappa shape index (κ3) is 15.7. The largest absolute Gasteiger partial charge is 0.416 e. The lowest BCUT2D eigenvalue weighted by atomic mass is 9.56. The third-order valence-electron chi connectivity index (χ3n) is 16.9. The molecule has 4 aromatic carbocycles. The summed E-state index contributed by atoms with van der Waals surface area (Å²) in [4.78, 5) is 57.9. The van der Waals surface area contributed by atoms with E-state index in [1.807, 2.05) is 67.6 Å². The first kappa shape index (κ1) is 64.3. The molecule has 8 rings (SSSR count). The number of aliphatic imine (C=N–C) groups is 2. The molecular weight excluding hydrogens is 1120 g/mol. The van der Waals surface area contributed by atoms with Crippen LogP contribution in [-0.2, 0) is 64.2 Å². The van der Waals surface area contributed by atoms with Crippen LogP contribution in [0.4, 0.5) is 57.1 Å². The Morgan fingerprint density at radius 2 is 0.940 bits per heavy atom. The average Bonchev–Trinajstić information content (AvgIpc) is 2.21. The molecule has 452 valence electrons. The number of Topliss-reactive ketones (excluding diaryl/α,β-unsaturated/α-hetero) is 2.